The second kappa shape index (κ2) is 11.1. The average molecular weight is 565 g/mol. The normalized spacial score (nSPS) is 12.1. The number of benzene rings is 2. The third-order valence-corrected chi connectivity index (χ3v) is 7.91. The lowest BCUT2D eigenvalue weighted by molar-refractivity contribution is 0.101. The standard InChI is InChI=1S/C27H24ClN5O3S2/c1-3-7-22-30-23-17(2)29-27(28)31-24(23)32(22)16-18-10-12-19(13-11-18)21-14-15-37-26(21)33(38(35)36)25(34)20-8-5-4-6-9-20/h4-6,8-15H,3,7,16H2,1-2H3,(H,35,36)/p-1. The van der Waals surface area contributed by atoms with Crippen molar-refractivity contribution >= 4 is 56.3 Å². The summed E-state index contributed by atoms with van der Waals surface area (Å²) in [5, 5.41) is 2.30. The van der Waals surface area contributed by atoms with Gasteiger partial charge < -0.3 is 9.12 Å². The first-order valence-electron chi connectivity index (χ1n) is 11.9. The SMILES string of the molecule is CCCc1nc2c(C)nc(Cl)nc2n1Cc1ccc(-c2ccsc2N(C(=O)c2ccccc2)S(=O)[O-])cc1. The van der Waals surface area contributed by atoms with E-state index in [4.69, 9.17) is 16.6 Å². The van der Waals surface area contributed by atoms with Gasteiger partial charge in [0.2, 0.25) is 5.28 Å². The Morgan fingerprint density at radius 1 is 1.08 bits per heavy atom. The van der Waals surface area contributed by atoms with Gasteiger partial charge in [-0.15, -0.1) is 11.3 Å². The van der Waals surface area contributed by atoms with Gasteiger partial charge in [-0.2, -0.15) is 4.98 Å². The van der Waals surface area contributed by atoms with Crippen LogP contribution in [0.2, 0.25) is 5.28 Å². The first-order valence-corrected chi connectivity index (χ1v) is 14.2. The molecule has 0 spiro atoms. The van der Waals surface area contributed by atoms with Gasteiger partial charge in [-0.25, -0.2) is 14.3 Å². The summed E-state index contributed by atoms with van der Waals surface area (Å²) in [6.07, 6.45) is 1.73. The van der Waals surface area contributed by atoms with E-state index in [1.54, 1.807) is 35.7 Å². The largest absolute Gasteiger partial charge is 0.755 e. The Labute approximate surface area is 231 Å². The highest BCUT2D eigenvalue weighted by Crippen LogP contribution is 2.37. The maximum Gasteiger partial charge on any atom is 0.270 e. The second-order valence-electron chi connectivity index (χ2n) is 8.63. The van der Waals surface area contributed by atoms with Crippen LogP contribution in [-0.4, -0.2) is 34.2 Å². The van der Waals surface area contributed by atoms with Crippen LogP contribution in [0.1, 0.15) is 40.8 Å². The van der Waals surface area contributed by atoms with Crippen LogP contribution in [0.5, 0.6) is 0 Å². The Kier molecular flexibility index (Phi) is 7.66. The van der Waals surface area contributed by atoms with Crippen LogP contribution in [-0.2, 0) is 24.2 Å². The van der Waals surface area contributed by atoms with Crippen LogP contribution in [0.25, 0.3) is 22.3 Å². The van der Waals surface area contributed by atoms with Gasteiger partial charge in [-0.3, -0.25) is 9.00 Å². The molecule has 0 aliphatic carbocycles. The minimum Gasteiger partial charge on any atom is -0.755 e. The van der Waals surface area contributed by atoms with Crippen LogP contribution in [0.4, 0.5) is 5.00 Å². The molecule has 0 saturated heterocycles. The molecule has 2 aromatic carbocycles. The molecule has 38 heavy (non-hydrogen) atoms. The molecule has 0 saturated carbocycles. The molecule has 5 rings (SSSR count). The van der Waals surface area contributed by atoms with Gasteiger partial charge in [-0.1, -0.05) is 49.4 Å². The molecular weight excluding hydrogens is 542 g/mol. The molecule has 11 heteroatoms. The molecule has 0 bridgehead atoms. The third-order valence-electron chi connectivity index (χ3n) is 6.08. The van der Waals surface area contributed by atoms with E-state index in [0.717, 1.165) is 45.3 Å². The zero-order valence-corrected chi connectivity index (χ0v) is 23.0. The van der Waals surface area contributed by atoms with Crippen molar-refractivity contribution in [3.8, 4) is 11.1 Å². The fourth-order valence-corrected chi connectivity index (χ4v) is 6.12. The number of aromatic nitrogens is 4. The van der Waals surface area contributed by atoms with Gasteiger partial charge in [0.15, 0.2) is 5.65 Å². The van der Waals surface area contributed by atoms with Crippen molar-refractivity contribution in [1.29, 1.82) is 0 Å². The average Bonchev–Trinajstić information content (AvgIpc) is 3.51. The van der Waals surface area contributed by atoms with Crippen molar-refractivity contribution in [2.24, 2.45) is 0 Å². The summed E-state index contributed by atoms with van der Waals surface area (Å²) in [5.41, 5.74) is 4.94. The second-order valence-corrected chi connectivity index (χ2v) is 10.7. The Bertz CT molecular complexity index is 1630. The highest BCUT2D eigenvalue weighted by Gasteiger charge is 2.23. The van der Waals surface area contributed by atoms with Gasteiger partial charge in [0.1, 0.15) is 16.3 Å². The van der Waals surface area contributed by atoms with Gasteiger partial charge >= 0.3 is 0 Å². The molecule has 0 N–H and O–H groups in total. The molecule has 3 aromatic heterocycles. The van der Waals surface area contributed by atoms with Crippen LogP contribution < -0.4 is 4.31 Å². The molecule has 8 nitrogen and oxygen atoms in total. The lowest BCUT2D eigenvalue weighted by Crippen LogP contribution is -2.32. The van der Waals surface area contributed by atoms with Gasteiger partial charge in [0, 0.05) is 17.5 Å². The van der Waals surface area contributed by atoms with Crippen LogP contribution >= 0.6 is 22.9 Å². The molecule has 0 radical (unpaired) electrons. The molecule has 0 fully saturated rings. The topological polar surface area (TPSA) is 104 Å². The lowest BCUT2D eigenvalue weighted by Gasteiger charge is -2.24. The predicted molar refractivity (Wildman–Crippen MR) is 150 cm³/mol. The number of halogens is 1. The van der Waals surface area contributed by atoms with Crippen molar-refractivity contribution in [1.82, 2.24) is 19.5 Å². The highest BCUT2D eigenvalue weighted by atomic mass is 35.5. The zero-order chi connectivity index (χ0) is 26.8. The van der Waals surface area contributed by atoms with Crippen LogP contribution in [0.15, 0.2) is 66.0 Å². The van der Waals surface area contributed by atoms with Gasteiger partial charge in [0.05, 0.1) is 23.5 Å². The molecule has 1 atom stereocenters. The number of imidazole rings is 1. The minimum atomic E-state index is -2.78. The summed E-state index contributed by atoms with van der Waals surface area (Å²) < 4.78 is 27.2. The van der Waals surface area contributed by atoms with E-state index in [0.29, 0.717) is 28.3 Å². The van der Waals surface area contributed by atoms with E-state index in [1.807, 2.05) is 37.3 Å². The minimum absolute atomic E-state index is 0.185. The third kappa shape index (κ3) is 5.12. The van der Waals surface area contributed by atoms with Gasteiger partial charge in [-0.05, 0) is 59.7 Å². The van der Waals surface area contributed by atoms with Crippen LogP contribution in [0.3, 0.4) is 0 Å². The number of amides is 1. The summed E-state index contributed by atoms with van der Waals surface area (Å²) in [7, 11) is 0. The van der Waals surface area contributed by atoms with Crippen molar-refractivity contribution < 1.29 is 13.6 Å². The summed E-state index contributed by atoms with van der Waals surface area (Å²) in [6.45, 7) is 4.51. The van der Waals surface area contributed by atoms with Crippen molar-refractivity contribution in [2.45, 2.75) is 33.2 Å². The predicted octanol–water partition coefficient (Wildman–Crippen LogP) is 5.96. The number of carbonyl (C=O) groups is 1. The van der Waals surface area contributed by atoms with Crippen LogP contribution in [0, 0.1) is 6.92 Å². The van der Waals surface area contributed by atoms with E-state index in [9.17, 15) is 13.6 Å². The number of thiophene rings is 1. The lowest BCUT2D eigenvalue weighted by atomic mass is 10.1. The Morgan fingerprint density at radius 3 is 2.50 bits per heavy atom. The molecule has 1 amide bonds. The van der Waals surface area contributed by atoms with E-state index in [2.05, 4.69) is 21.5 Å². The fraction of sp³-hybridized carbons (Fsp3) is 0.185. The molecule has 5 aromatic rings. The number of aryl methyl sites for hydroxylation is 2. The first kappa shape index (κ1) is 26.2. The van der Waals surface area contributed by atoms with E-state index >= 15 is 0 Å². The number of anilines is 1. The van der Waals surface area contributed by atoms with E-state index in [-0.39, 0.29) is 5.28 Å². The first-order chi connectivity index (χ1) is 18.4. The fourth-order valence-electron chi connectivity index (χ4n) is 4.31. The number of hydrogen-bond acceptors (Lipinski definition) is 7. The number of carbonyl (C=O) groups excluding carboxylic acids is 1. The Hall–Kier alpha value is -3.44. The van der Waals surface area contributed by atoms with Crippen molar-refractivity contribution in [3.05, 3.63) is 94.0 Å². The smallest absolute Gasteiger partial charge is 0.270 e. The summed E-state index contributed by atoms with van der Waals surface area (Å²) >= 11 is 4.56. The highest BCUT2D eigenvalue weighted by molar-refractivity contribution is 7.81. The molecule has 0 aliphatic heterocycles. The molecule has 1 unspecified atom stereocenters. The number of nitrogens with zero attached hydrogens (tertiary/aromatic N) is 5. The van der Waals surface area contributed by atoms with Crippen molar-refractivity contribution in [2.75, 3.05) is 4.31 Å². The Balaban J connectivity index is 1.47. The molecule has 0 aliphatic rings. The monoisotopic (exact) mass is 564 g/mol. The number of fused-ring (bicyclic) bond motifs is 1. The maximum atomic E-state index is 13.1. The molecular formula is C27H23ClN5O3S2-. The summed E-state index contributed by atoms with van der Waals surface area (Å²) in [4.78, 5) is 26.5. The summed E-state index contributed by atoms with van der Waals surface area (Å²) in [6, 6.07) is 18.0. The van der Waals surface area contributed by atoms with E-state index in [1.165, 1.54) is 11.3 Å². The quantitative estimate of drug-likeness (QED) is 0.170. The number of hydrogen-bond donors (Lipinski definition) is 0. The Morgan fingerprint density at radius 2 is 1.82 bits per heavy atom. The van der Waals surface area contributed by atoms with Gasteiger partial charge in [0.25, 0.3) is 5.91 Å². The molecule has 194 valence electrons. The maximum absolute atomic E-state index is 13.1. The number of rotatable bonds is 8. The van der Waals surface area contributed by atoms with Crippen molar-refractivity contribution in [3.63, 3.8) is 0 Å². The summed E-state index contributed by atoms with van der Waals surface area (Å²) in [5.74, 6) is 0.310. The van der Waals surface area contributed by atoms with E-state index < -0.39 is 17.2 Å². The zero-order valence-electron chi connectivity index (χ0n) is 20.6. The molecule has 3 heterocycles.